The standard InChI is InChI=1S/C8H16O2/c1-3-6-7(4-5-9)8(6,2)10/h6-7,9-10H,3-5H2,1-2H3/t6-,7-,8-/m1/s1. The molecular weight excluding hydrogens is 128 g/mol. The zero-order chi connectivity index (χ0) is 7.78. The fraction of sp³-hybridized carbons (Fsp3) is 1.00. The predicted octanol–water partition coefficient (Wildman–Crippen LogP) is 0.776. The van der Waals surface area contributed by atoms with Crippen molar-refractivity contribution in [1.29, 1.82) is 0 Å². The van der Waals surface area contributed by atoms with Crippen LogP contribution < -0.4 is 0 Å². The van der Waals surface area contributed by atoms with Crippen molar-refractivity contribution in [1.82, 2.24) is 0 Å². The van der Waals surface area contributed by atoms with Crippen LogP contribution in [0.5, 0.6) is 0 Å². The number of aliphatic hydroxyl groups is 2. The molecule has 0 aromatic carbocycles. The van der Waals surface area contributed by atoms with Gasteiger partial charge in [0.05, 0.1) is 5.60 Å². The van der Waals surface area contributed by atoms with E-state index in [1.165, 1.54) is 0 Å². The third kappa shape index (κ3) is 1.06. The minimum absolute atomic E-state index is 0.206. The van der Waals surface area contributed by atoms with E-state index in [-0.39, 0.29) is 6.61 Å². The molecule has 0 bridgehead atoms. The average Bonchev–Trinajstić information content (AvgIpc) is 2.36. The van der Waals surface area contributed by atoms with Crippen LogP contribution >= 0.6 is 0 Å². The van der Waals surface area contributed by atoms with Gasteiger partial charge in [0, 0.05) is 6.61 Å². The normalized spacial score (nSPS) is 45.6. The van der Waals surface area contributed by atoms with Crippen LogP contribution in [0.2, 0.25) is 0 Å². The van der Waals surface area contributed by atoms with E-state index >= 15 is 0 Å². The van der Waals surface area contributed by atoms with Crippen molar-refractivity contribution < 1.29 is 10.2 Å². The molecule has 60 valence electrons. The highest BCUT2D eigenvalue weighted by atomic mass is 16.3. The molecule has 1 aliphatic rings. The molecule has 2 heteroatoms. The second kappa shape index (κ2) is 2.51. The summed E-state index contributed by atoms with van der Waals surface area (Å²) in [4.78, 5) is 0. The lowest BCUT2D eigenvalue weighted by molar-refractivity contribution is 0.131. The Morgan fingerprint density at radius 3 is 2.30 bits per heavy atom. The summed E-state index contributed by atoms with van der Waals surface area (Å²) < 4.78 is 0. The van der Waals surface area contributed by atoms with E-state index in [0.717, 1.165) is 12.8 Å². The van der Waals surface area contributed by atoms with Crippen LogP contribution in [-0.2, 0) is 0 Å². The van der Waals surface area contributed by atoms with Gasteiger partial charge in [0.25, 0.3) is 0 Å². The van der Waals surface area contributed by atoms with E-state index in [1.807, 2.05) is 6.92 Å². The lowest BCUT2D eigenvalue weighted by Gasteiger charge is -1.98. The van der Waals surface area contributed by atoms with Crippen LogP contribution in [0.3, 0.4) is 0 Å². The first-order valence-electron chi connectivity index (χ1n) is 3.97. The molecule has 1 rings (SSSR count). The highest BCUT2D eigenvalue weighted by molar-refractivity contribution is 5.07. The third-order valence-corrected chi connectivity index (χ3v) is 2.76. The van der Waals surface area contributed by atoms with Crippen LogP contribution in [0.1, 0.15) is 26.7 Å². The quantitative estimate of drug-likeness (QED) is 0.614. The van der Waals surface area contributed by atoms with Gasteiger partial charge in [-0.15, -0.1) is 0 Å². The number of hydrogen-bond donors (Lipinski definition) is 2. The van der Waals surface area contributed by atoms with E-state index in [9.17, 15) is 5.11 Å². The van der Waals surface area contributed by atoms with Gasteiger partial charge in [0.15, 0.2) is 0 Å². The Labute approximate surface area is 61.9 Å². The average molecular weight is 144 g/mol. The molecule has 1 fully saturated rings. The van der Waals surface area contributed by atoms with Crippen LogP contribution in [0.15, 0.2) is 0 Å². The first kappa shape index (κ1) is 8.02. The molecule has 1 aliphatic carbocycles. The van der Waals surface area contributed by atoms with Crippen molar-refractivity contribution in [3.05, 3.63) is 0 Å². The van der Waals surface area contributed by atoms with Gasteiger partial charge >= 0.3 is 0 Å². The van der Waals surface area contributed by atoms with Crippen molar-refractivity contribution in [3.63, 3.8) is 0 Å². The maximum Gasteiger partial charge on any atom is 0.0684 e. The van der Waals surface area contributed by atoms with Crippen LogP contribution in [0, 0.1) is 11.8 Å². The zero-order valence-corrected chi connectivity index (χ0v) is 6.67. The molecule has 0 radical (unpaired) electrons. The van der Waals surface area contributed by atoms with E-state index in [0.29, 0.717) is 11.8 Å². The first-order chi connectivity index (χ1) is 4.64. The first-order valence-corrected chi connectivity index (χ1v) is 3.97. The summed E-state index contributed by atoms with van der Waals surface area (Å²) in [6.45, 7) is 4.15. The van der Waals surface area contributed by atoms with E-state index in [1.54, 1.807) is 0 Å². The molecule has 3 atom stereocenters. The highest BCUT2D eigenvalue weighted by Gasteiger charge is 2.58. The second-order valence-electron chi connectivity index (χ2n) is 3.36. The Morgan fingerprint density at radius 2 is 2.00 bits per heavy atom. The zero-order valence-electron chi connectivity index (χ0n) is 6.67. The number of rotatable bonds is 3. The molecule has 0 spiro atoms. The predicted molar refractivity (Wildman–Crippen MR) is 39.6 cm³/mol. The fourth-order valence-electron chi connectivity index (χ4n) is 2.01. The summed E-state index contributed by atoms with van der Waals surface area (Å²) in [5.74, 6) is 0.780. The van der Waals surface area contributed by atoms with Gasteiger partial charge in [-0.2, -0.15) is 0 Å². The molecule has 2 nitrogen and oxygen atoms in total. The summed E-state index contributed by atoms with van der Waals surface area (Å²) in [6.07, 6.45) is 1.78. The van der Waals surface area contributed by atoms with Gasteiger partial charge in [0.1, 0.15) is 0 Å². The second-order valence-corrected chi connectivity index (χ2v) is 3.36. The fourth-order valence-corrected chi connectivity index (χ4v) is 2.01. The Kier molecular flexibility index (Phi) is 2.02. The van der Waals surface area contributed by atoms with E-state index in [2.05, 4.69) is 6.92 Å². The molecule has 1 saturated carbocycles. The van der Waals surface area contributed by atoms with Crippen molar-refractivity contribution >= 4 is 0 Å². The molecule has 10 heavy (non-hydrogen) atoms. The largest absolute Gasteiger partial charge is 0.396 e. The SMILES string of the molecule is CC[C@@H]1[C@@H](CCO)[C@]1(C)O. The molecule has 0 saturated heterocycles. The Bertz CT molecular complexity index is 120. The number of aliphatic hydroxyl groups excluding tert-OH is 1. The summed E-state index contributed by atoms with van der Waals surface area (Å²) in [7, 11) is 0. The van der Waals surface area contributed by atoms with E-state index in [4.69, 9.17) is 5.11 Å². The molecule has 0 aromatic rings. The van der Waals surface area contributed by atoms with Gasteiger partial charge in [-0.05, 0) is 25.2 Å². The monoisotopic (exact) mass is 144 g/mol. The van der Waals surface area contributed by atoms with Crippen LogP contribution in [0.25, 0.3) is 0 Å². The summed E-state index contributed by atoms with van der Waals surface area (Å²) in [5.41, 5.74) is -0.475. The molecule has 0 unspecified atom stereocenters. The Balaban J connectivity index is 2.37. The maximum absolute atomic E-state index is 9.57. The lowest BCUT2D eigenvalue weighted by atomic mass is 10.2. The molecule has 0 amide bonds. The highest BCUT2D eigenvalue weighted by Crippen LogP contribution is 2.53. The molecule has 0 aromatic heterocycles. The topological polar surface area (TPSA) is 40.5 Å². The van der Waals surface area contributed by atoms with Gasteiger partial charge < -0.3 is 10.2 Å². The maximum atomic E-state index is 9.57. The summed E-state index contributed by atoms with van der Waals surface area (Å²) in [5, 5.41) is 18.2. The molecule has 0 aliphatic heterocycles. The van der Waals surface area contributed by atoms with Crippen molar-refractivity contribution in [2.45, 2.75) is 32.3 Å². The summed E-state index contributed by atoms with van der Waals surface area (Å²) >= 11 is 0. The van der Waals surface area contributed by atoms with Crippen molar-refractivity contribution in [2.24, 2.45) is 11.8 Å². The van der Waals surface area contributed by atoms with Gasteiger partial charge in [-0.25, -0.2) is 0 Å². The third-order valence-electron chi connectivity index (χ3n) is 2.76. The van der Waals surface area contributed by atoms with Gasteiger partial charge in [-0.1, -0.05) is 13.3 Å². The lowest BCUT2D eigenvalue weighted by Crippen LogP contribution is -2.06. The number of hydrogen-bond acceptors (Lipinski definition) is 2. The Morgan fingerprint density at radius 1 is 1.40 bits per heavy atom. The minimum atomic E-state index is -0.475. The van der Waals surface area contributed by atoms with Crippen LogP contribution in [0.4, 0.5) is 0 Å². The van der Waals surface area contributed by atoms with Gasteiger partial charge in [-0.3, -0.25) is 0 Å². The molecular formula is C8H16O2. The smallest absolute Gasteiger partial charge is 0.0684 e. The van der Waals surface area contributed by atoms with E-state index < -0.39 is 5.60 Å². The van der Waals surface area contributed by atoms with Crippen LogP contribution in [-0.4, -0.2) is 22.4 Å². The van der Waals surface area contributed by atoms with Crippen molar-refractivity contribution in [3.8, 4) is 0 Å². The molecule has 2 N–H and O–H groups in total. The minimum Gasteiger partial charge on any atom is -0.396 e. The van der Waals surface area contributed by atoms with Crippen molar-refractivity contribution in [2.75, 3.05) is 6.61 Å². The Hall–Kier alpha value is -0.0800. The molecule has 0 heterocycles. The summed E-state index contributed by atoms with van der Waals surface area (Å²) in [6, 6.07) is 0. The van der Waals surface area contributed by atoms with Gasteiger partial charge in [0.2, 0.25) is 0 Å².